The lowest BCUT2D eigenvalue weighted by Crippen LogP contribution is -2.41. The van der Waals surface area contributed by atoms with Gasteiger partial charge in [0.2, 0.25) is 0 Å². The molecule has 1 aliphatic rings. The van der Waals surface area contributed by atoms with Gasteiger partial charge in [0.05, 0.1) is 11.2 Å². The maximum atomic E-state index is 13.6. The van der Waals surface area contributed by atoms with E-state index in [1.807, 2.05) is 27.7 Å². The summed E-state index contributed by atoms with van der Waals surface area (Å²) in [7, 11) is -0.609. The summed E-state index contributed by atoms with van der Waals surface area (Å²) >= 11 is 1.15. The molecule has 1 saturated heterocycles. The third kappa shape index (κ3) is 4.17. The number of rotatable bonds is 4. The molecule has 1 aliphatic heterocycles. The van der Waals surface area contributed by atoms with Crippen molar-refractivity contribution in [3.63, 3.8) is 0 Å². The van der Waals surface area contributed by atoms with Crippen LogP contribution in [0.15, 0.2) is 17.7 Å². The Balaban J connectivity index is 2.33. The van der Waals surface area contributed by atoms with E-state index in [2.05, 4.69) is 4.98 Å². The maximum absolute atomic E-state index is 13.6. The molecule has 0 unspecified atom stereocenters. The zero-order chi connectivity index (χ0) is 18.1. The van der Waals surface area contributed by atoms with Gasteiger partial charge in [-0.15, -0.1) is 0 Å². The van der Waals surface area contributed by atoms with Crippen LogP contribution in [-0.4, -0.2) is 34.2 Å². The van der Waals surface area contributed by atoms with E-state index in [1.54, 1.807) is 6.08 Å². The summed E-state index contributed by atoms with van der Waals surface area (Å²) in [6.07, 6.45) is 3.20. The van der Waals surface area contributed by atoms with Crippen LogP contribution >= 0.6 is 11.8 Å². The number of carbonyl (C=O) groups excluding carboxylic acids is 1. The lowest BCUT2D eigenvalue weighted by Gasteiger charge is -2.32. The van der Waals surface area contributed by atoms with Crippen molar-refractivity contribution >= 4 is 35.9 Å². The van der Waals surface area contributed by atoms with Crippen molar-refractivity contribution in [1.82, 2.24) is 4.98 Å². The van der Waals surface area contributed by atoms with Gasteiger partial charge in [-0.1, -0.05) is 17.8 Å². The van der Waals surface area contributed by atoms with Crippen LogP contribution < -0.4 is 5.73 Å². The first-order chi connectivity index (χ1) is 11.0. The molecule has 1 aromatic rings. The van der Waals surface area contributed by atoms with Crippen molar-refractivity contribution in [1.29, 1.82) is 0 Å². The molecule has 0 atom stereocenters. The number of carbonyl (C=O) groups is 1. The van der Waals surface area contributed by atoms with E-state index >= 15 is 0 Å². The average Bonchev–Trinajstić information content (AvgIpc) is 2.67. The number of aromatic nitrogens is 1. The van der Waals surface area contributed by atoms with E-state index in [0.29, 0.717) is 11.3 Å². The van der Waals surface area contributed by atoms with Crippen LogP contribution in [0.3, 0.4) is 0 Å². The van der Waals surface area contributed by atoms with E-state index in [1.165, 1.54) is 19.2 Å². The van der Waals surface area contributed by atoms with Crippen LogP contribution in [0.5, 0.6) is 0 Å². The Labute approximate surface area is 146 Å². The molecule has 0 radical (unpaired) electrons. The Morgan fingerprint density at radius 3 is 2.46 bits per heavy atom. The largest absolute Gasteiger partial charge is 0.491 e. The third-order valence-corrected chi connectivity index (χ3v) is 5.13. The van der Waals surface area contributed by atoms with Crippen molar-refractivity contribution in [2.45, 2.75) is 45.8 Å². The second kappa shape index (κ2) is 6.86. The van der Waals surface area contributed by atoms with Gasteiger partial charge in [-0.05, 0) is 44.8 Å². The molecule has 0 aliphatic carbocycles. The first kappa shape index (κ1) is 19.0. The Bertz CT molecular complexity index is 663. The molecule has 2 N–H and O–H groups in total. The summed E-state index contributed by atoms with van der Waals surface area (Å²) in [6.45, 7) is 9.30. The summed E-state index contributed by atoms with van der Waals surface area (Å²) in [5, 5.41) is -0.0148. The van der Waals surface area contributed by atoms with E-state index in [9.17, 15) is 9.18 Å². The highest BCUT2D eigenvalue weighted by atomic mass is 32.2. The number of hydrogen-bond acceptors (Lipinski definition) is 6. The molecule has 1 aromatic heterocycles. The second-order valence-corrected chi connectivity index (χ2v) is 7.88. The van der Waals surface area contributed by atoms with Gasteiger partial charge < -0.3 is 15.0 Å². The molecule has 5 nitrogen and oxygen atoms in total. The SMILES string of the molecule is CC(=O)SCC(=Cc1cnc(N)c(F)c1)B1OC(C)(C)C(C)(C)O1. The molecule has 2 rings (SSSR count). The summed E-state index contributed by atoms with van der Waals surface area (Å²) in [5.41, 5.74) is 5.68. The van der Waals surface area contributed by atoms with Gasteiger partial charge in [0, 0.05) is 18.9 Å². The number of anilines is 1. The number of thioether (sulfide) groups is 1. The molecule has 1 fully saturated rings. The maximum Gasteiger partial charge on any atom is 0.491 e. The molecule has 0 bridgehead atoms. The second-order valence-electron chi connectivity index (χ2n) is 6.72. The number of nitrogens with two attached hydrogens (primary N) is 1. The monoisotopic (exact) mass is 352 g/mol. The van der Waals surface area contributed by atoms with E-state index in [4.69, 9.17) is 15.0 Å². The molecule has 2 heterocycles. The first-order valence-electron chi connectivity index (χ1n) is 7.62. The predicted octanol–water partition coefficient (Wildman–Crippen LogP) is 3.10. The number of pyridine rings is 1. The van der Waals surface area contributed by atoms with Gasteiger partial charge in [0.15, 0.2) is 16.8 Å². The summed E-state index contributed by atoms with van der Waals surface area (Å²) in [4.78, 5) is 15.1. The fraction of sp³-hybridized carbons (Fsp3) is 0.500. The van der Waals surface area contributed by atoms with E-state index in [-0.39, 0.29) is 10.9 Å². The Morgan fingerprint density at radius 2 is 1.96 bits per heavy atom. The third-order valence-electron chi connectivity index (χ3n) is 4.24. The van der Waals surface area contributed by atoms with Crippen molar-refractivity contribution in [2.75, 3.05) is 11.5 Å². The van der Waals surface area contributed by atoms with Crippen molar-refractivity contribution < 1.29 is 18.5 Å². The standard InChI is InChI=1S/C16H22BFN2O3S/c1-10(21)24-9-12(6-11-7-13(18)14(19)20-8-11)17-22-15(2,3)16(4,5)23-17/h6-8H,9H2,1-5H3,(H2,19,20). The molecule has 0 amide bonds. The normalized spacial score (nSPS) is 19.6. The summed E-state index contributed by atoms with van der Waals surface area (Å²) in [5.74, 6) is -0.350. The zero-order valence-electron chi connectivity index (χ0n) is 14.6. The van der Waals surface area contributed by atoms with Gasteiger partial charge in [0.1, 0.15) is 0 Å². The Hall–Kier alpha value is -1.38. The lowest BCUT2D eigenvalue weighted by atomic mass is 9.78. The predicted molar refractivity (Wildman–Crippen MR) is 95.8 cm³/mol. The summed E-state index contributed by atoms with van der Waals surface area (Å²) < 4.78 is 25.7. The molecule has 130 valence electrons. The van der Waals surface area contributed by atoms with Crippen LogP contribution in [-0.2, 0) is 14.1 Å². The molecule has 24 heavy (non-hydrogen) atoms. The average molecular weight is 352 g/mol. The molecule has 0 saturated carbocycles. The smallest absolute Gasteiger partial charge is 0.400 e. The Kier molecular flexibility index (Phi) is 5.42. The topological polar surface area (TPSA) is 74.4 Å². The fourth-order valence-electron chi connectivity index (χ4n) is 2.11. The molecular formula is C16H22BFN2O3S. The highest BCUT2D eigenvalue weighted by Gasteiger charge is 2.52. The van der Waals surface area contributed by atoms with Gasteiger partial charge in [-0.2, -0.15) is 0 Å². The Morgan fingerprint density at radius 1 is 1.38 bits per heavy atom. The fourth-order valence-corrected chi connectivity index (χ4v) is 2.70. The summed E-state index contributed by atoms with van der Waals surface area (Å²) in [6, 6.07) is 1.30. The van der Waals surface area contributed by atoms with Crippen molar-refractivity contribution in [2.24, 2.45) is 0 Å². The number of hydrogen-bond donors (Lipinski definition) is 1. The van der Waals surface area contributed by atoms with Crippen LogP contribution in [0.2, 0.25) is 0 Å². The van der Waals surface area contributed by atoms with Crippen LogP contribution in [0.25, 0.3) is 6.08 Å². The minimum atomic E-state index is -0.609. The highest BCUT2D eigenvalue weighted by molar-refractivity contribution is 8.13. The van der Waals surface area contributed by atoms with Crippen molar-refractivity contribution in [3.05, 3.63) is 29.1 Å². The van der Waals surface area contributed by atoms with Crippen LogP contribution in [0, 0.1) is 5.82 Å². The quantitative estimate of drug-likeness (QED) is 0.840. The molecule has 8 heteroatoms. The molecular weight excluding hydrogens is 330 g/mol. The number of nitrogens with zero attached hydrogens (tertiary/aromatic N) is 1. The van der Waals surface area contributed by atoms with Crippen LogP contribution in [0.1, 0.15) is 40.2 Å². The number of nitrogen functional groups attached to an aromatic ring is 1. The minimum absolute atomic E-state index is 0.0148. The molecule has 0 aromatic carbocycles. The van der Waals surface area contributed by atoms with Gasteiger partial charge in [0.25, 0.3) is 0 Å². The van der Waals surface area contributed by atoms with Gasteiger partial charge >= 0.3 is 7.12 Å². The van der Waals surface area contributed by atoms with Gasteiger partial charge in [-0.3, -0.25) is 4.79 Å². The highest BCUT2D eigenvalue weighted by Crippen LogP contribution is 2.39. The van der Waals surface area contributed by atoms with E-state index < -0.39 is 24.1 Å². The van der Waals surface area contributed by atoms with Crippen LogP contribution in [0.4, 0.5) is 10.2 Å². The first-order valence-corrected chi connectivity index (χ1v) is 8.61. The minimum Gasteiger partial charge on any atom is -0.400 e. The van der Waals surface area contributed by atoms with Crippen molar-refractivity contribution in [3.8, 4) is 0 Å². The molecule has 0 spiro atoms. The number of halogens is 1. The lowest BCUT2D eigenvalue weighted by molar-refractivity contribution is -0.109. The zero-order valence-corrected chi connectivity index (χ0v) is 15.4. The van der Waals surface area contributed by atoms with Gasteiger partial charge in [-0.25, -0.2) is 9.37 Å². The van der Waals surface area contributed by atoms with E-state index in [0.717, 1.165) is 17.2 Å².